The zero-order chi connectivity index (χ0) is 21.6. The molecule has 0 radical (unpaired) electrons. The van der Waals surface area contributed by atoms with Gasteiger partial charge in [0.1, 0.15) is 0 Å². The Morgan fingerprint density at radius 1 is 0.903 bits per heavy atom. The van der Waals surface area contributed by atoms with Gasteiger partial charge in [0.2, 0.25) is 5.91 Å². The molecule has 0 aromatic heterocycles. The Balaban J connectivity index is 1.33. The Morgan fingerprint density at radius 3 is 1.94 bits per heavy atom. The zero-order valence-electron chi connectivity index (χ0n) is 19.0. The van der Waals surface area contributed by atoms with Crippen molar-refractivity contribution in [2.75, 3.05) is 32.7 Å². The summed E-state index contributed by atoms with van der Waals surface area (Å²) in [5.74, 6) is 1.12. The van der Waals surface area contributed by atoms with Gasteiger partial charge in [-0.05, 0) is 43.7 Å². The molecule has 2 atom stereocenters. The zero-order valence-corrected chi connectivity index (χ0v) is 19.0. The molecule has 2 aromatic rings. The van der Waals surface area contributed by atoms with Crippen LogP contribution in [0.25, 0.3) is 0 Å². The average Bonchev–Trinajstić information content (AvgIpc) is 2.78. The van der Waals surface area contributed by atoms with Crippen molar-refractivity contribution in [1.29, 1.82) is 0 Å². The summed E-state index contributed by atoms with van der Waals surface area (Å²) in [6.45, 7) is 9.81. The van der Waals surface area contributed by atoms with Gasteiger partial charge in [0, 0.05) is 57.1 Å². The summed E-state index contributed by atoms with van der Waals surface area (Å²) in [6.07, 6.45) is 2.80. The predicted molar refractivity (Wildman–Crippen MR) is 127 cm³/mol. The highest BCUT2D eigenvalue weighted by molar-refractivity contribution is 5.78. The standard InChI is InChI=1S/C27H37N3O/c1-21-18-29(19-22(2)28-21)20-23-13-15-30(16-14-23)27(31)17-26(24-9-5-3-6-10-24)25-11-7-4-8-12-25/h3-12,21-23,26,28H,13-20H2,1-2H3. The Kier molecular flexibility index (Phi) is 7.41. The third kappa shape index (κ3) is 5.96. The predicted octanol–water partition coefficient (Wildman–Crippen LogP) is 4.13. The maximum absolute atomic E-state index is 13.2. The molecule has 0 spiro atoms. The van der Waals surface area contributed by atoms with Crippen LogP contribution in [0.2, 0.25) is 0 Å². The van der Waals surface area contributed by atoms with E-state index in [0.717, 1.165) is 39.0 Å². The van der Waals surface area contributed by atoms with E-state index in [-0.39, 0.29) is 5.92 Å². The van der Waals surface area contributed by atoms with Gasteiger partial charge in [-0.15, -0.1) is 0 Å². The minimum atomic E-state index is 0.122. The van der Waals surface area contributed by atoms with E-state index < -0.39 is 0 Å². The number of rotatable bonds is 6. The van der Waals surface area contributed by atoms with Gasteiger partial charge in [-0.1, -0.05) is 60.7 Å². The van der Waals surface area contributed by atoms with Crippen LogP contribution in [-0.4, -0.2) is 60.5 Å². The van der Waals surface area contributed by atoms with Gasteiger partial charge >= 0.3 is 0 Å². The number of nitrogens with zero attached hydrogens (tertiary/aromatic N) is 2. The summed E-state index contributed by atoms with van der Waals surface area (Å²) in [6, 6.07) is 22.1. The van der Waals surface area contributed by atoms with E-state index in [4.69, 9.17) is 0 Å². The number of hydrogen-bond donors (Lipinski definition) is 1. The number of amides is 1. The van der Waals surface area contributed by atoms with E-state index in [0.29, 0.717) is 30.3 Å². The maximum atomic E-state index is 13.2. The fourth-order valence-corrected chi connectivity index (χ4v) is 5.42. The largest absolute Gasteiger partial charge is 0.343 e. The van der Waals surface area contributed by atoms with Crippen molar-refractivity contribution < 1.29 is 4.79 Å². The smallest absolute Gasteiger partial charge is 0.223 e. The Labute approximate surface area is 187 Å². The second kappa shape index (κ2) is 10.4. The molecule has 0 aliphatic carbocycles. The third-order valence-electron chi connectivity index (χ3n) is 6.90. The molecular formula is C27H37N3O. The molecule has 4 heteroatoms. The number of piperazine rings is 1. The minimum Gasteiger partial charge on any atom is -0.343 e. The van der Waals surface area contributed by atoms with E-state index in [1.165, 1.54) is 17.7 Å². The van der Waals surface area contributed by atoms with E-state index in [2.05, 4.69) is 77.5 Å². The second-order valence-corrected chi connectivity index (χ2v) is 9.59. The third-order valence-corrected chi connectivity index (χ3v) is 6.90. The summed E-state index contributed by atoms with van der Waals surface area (Å²) < 4.78 is 0. The Bertz CT molecular complexity index is 767. The molecule has 0 bridgehead atoms. The van der Waals surface area contributed by atoms with Gasteiger partial charge in [-0.25, -0.2) is 0 Å². The van der Waals surface area contributed by atoms with Crippen LogP contribution >= 0.6 is 0 Å². The van der Waals surface area contributed by atoms with Gasteiger partial charge in [0.15, 0.2) is 0 Å². The first-order valence-electron chi connectivity index (χ1n) is 11.9. The molecule has 2 heterocycles. The number of nitrogens with one attached hydrogen (secondary N) is 1. The van der Waals surface area contributed by atoms with Crippen LogP contribution in [0.1, 0.15) is 50.2 Å². The van der Waals surface area contributed by atoms with Crippen molar-refractivity contribution in [2.45, 2.75) is 51.1 Å². The number of carbonyl (C=O) groups is 1. The van der Waals surface area contributed by atoms with Crippen LogP contribution in [0.5, 0.6) is 0 Å². The SMILES string of the molecule is CC1CN(CC2CCN(C(=O)CC(c3ccccc3)c3ccccc3)CC2)CC(C)N1. The van der Waals surface area contributed by atoms with Gasteiger partial charge in [-0.2, -0.15) is 0 Å². The summed E-state index contributed by atoms with van der Waals surface area (Å²) in [5.41, 5.74) is 2.44. The fraction of sp³-hybridized carbons (Fsp3) is 0.519. The quantitative estimate of drug-likeness (QED) is 0.765. The molecule has 4 rings (SSSR count). The molecule has 2 fully saturated rings. The molecule has 1 N–H and O–H groups in total. The number of hydrogen-bond acceptors (Lipinski definition) is 3. The number of likely N-dealkylation sites (tertiary alicyclic amines) is 1. The van der Waals surface area contributed by atoms with Gasteiger partial charge < -0.3 is 10.2 Å². The Hall–Kier alpha value is -2.17. The van der Waals surface area contributed by atoms with E-state index in [1.807, 2.05) is 12.1 Å². The molecule has 31 heavy (non-hydrogen) atoms. The summed E-state index contributed by atoms with van der Waals surface area (Å²) in [4.78, 5) is 18.0. The van der Waals surface area contributed by atoms with Gasteiger partial charge in [0.25, 0.3) is 0 Å². The van der Waals surface area contributed by atoms with Crippen molar-refractivity contribution in [3.63, 3.8) is 0 Å². The highest BCUT2D eigenvalue weighted by atomic mass is 16.2. The minimum absolute atomic E-state index is 0.122. The molecular weight excluding hydrogens is 382 g/mol. The van der Waals surface area contributed by atoms with Crippen LogP contribution in [0.4, 0.5) is 0 Å². The number of carbonyl (C=O) groups excluding carboxylic acids is 1. The van der Waals surface area contributed by atoms with Crippen LogP contribution in [0, 0.1) is 5.92 Å². The molecule has 2 saturated heterocycles. The fourth-order valence-electron chi connectivity index (χ4n) is 5.42. The van der Waals surface area contributed by atoms with Crippen LogP contribution in [0.15, 0.2) is 60.7 Å². The first-order chi connectivity index (χ1) is 15.1. The normalized spacial score (nSPS) is 23.3. The lowest BCUT2D eigenvalue weighted by Gasteiger charge is -2.40. The van der Waals surface area contributed by atoms with Crippen LogP contribution < -0.4 is 5.32 Å². The molecule has 1 amide bonds. The number of piperidine rings is 1. The second-order valence-electron chi connectivity index (χ2n) is 9.59. The molecule has 2 aromatic carbocycles. The molecule has 2 unspecified atom stereocenters. The topological polar surface area (TPSA) is 35.6 Å². The van der Waals surface area contributed by atoms with Gasteiger partial charge in [-0.3, -0.25) is 9.69 Å². The highest BCUT2D eigenvalue weighted by Gasteiger charge is 2.28. The van der Waals surface area contributed by atoms with Crippen molar-refractivity contribution >= 4 is 5.91 Å². The van der Waals surface area contributed by atoms with Crippen molar-refractivity contribution in [2.24, 2.45) is 5.92 Å². The highest BCUT2D eigenvalue weighted by Crippen LogP contribution is 2.29. The van der Waals surface area contributed by atoms with E-state index in [1.54, 1.807) is 0 Å². The summed E-state index contributed by atoms with van der Waals surface area (Å²) in [7, 11) is 0. The average molecular weight is 420 g/mol. The monoisotopic (exact) mass is 419 g/mol. The molecule has 4 nitrogen and oxygen atoms in total. The van der Waals surface area contributed by atoms with E-state index in [9.17, 15) is 4.79 Å². The lowest BCUT2D eigenvalue weighted by molar-refractivity contribution is -0.132. The number of benzene rings is 2. The van der Waals surface area contributed by atoms with Crippen molar-refractivity contribution in [3.05, 3.63) is 71.8 Å². The lowest BCUT2D eigenvalue weighted by Crippen LogP contribution is -2.55. The molecule has 2 aliphatic rings. The molecule has 2 aliphatic heterocycles. The van der Waals surface area contributed by atoms with E-state index >= 15 is 0 Å². The van der Waals surface area contributed by atoms with Crippen LogP contribution in [0.3, 0.4) is 0 Å². The van der Waals surface area contributed by atoms with Gasteiger partial charge in [0.05, 0.1) is 0 Å². The Morgan fingerprint density at radius 2 is 1.42 bits per heavy atom. The van der Waals surface area contributed by atoms with Crippen molar-refractivity contribution in [3.8, 4) is 0 Å². The molecule has 0 saturated carbocycles. The van der Waals surface area contributed by atoms with Crippen LogP contribution in [-0.2, 0) is 4.79 Å². The first-order valence-corrected chi connectivity index (χ1v) is 11.9. The maximum Gasteiger partial charge on any atom is 0.223 e. The first kappa shape index (κ1) is 22.0. The summed E-state index contributed by atoms with van der Waals surface area (Å²) in [5, 5.41) is 3.62. The summed E-state index contributed by atoms with van der Waals surface area (Å²) >= 11 is 0. The van der Waals surface area contributed by atoms with Crippen molar-refractivity contribution in [1.82, 2.24) is 15.1 Å². The lowest BCUT2D eigenvalue weighted by atomic mass is 9.87. The molecule has 166 valence electrons.